The molecule has 24 heavy (non-hydrogen) atoms. The molecule has 0 spiro atoms. The lowest BCUT2D eigenvalue weighted by Gasteiger charge is -2.20. The van der Waals surface area contributed by atoms with Gasteiger partial charge in [0, 0.05) is 17.5 Å². The molecule has 0 fully saturated rings. The lowest BCUT2D eigenvalue weighted by Crippen LogP contribution is -2.30. The fourth-order valence-electron chi connectivity index (χ4n) is 2.69. The third kappa shape index (κ3) is 3.03. The van der Waals surface area contributed by atoms with Crippen molar-refractivity contribution in [3.05, 3.63) is 46.0 Å². The number of hydrogen-bond acceptors (Lipinski definition) is 5. The molecule has 3 rings (SSSR count). The van der Waals surface area contributed by atoms with Crippen LogP contribution >= 0.6 is 11.3 Å². The zero-order valence-corrected chi connectivity index (χ0v) is 14.4. The van der Waals surface area contributed by atoms with E-state index >= 15 is 0 Å². The zero-order valence-electron chi connectivity index (χ0n) is 13.6. The van der Waals surface area contributed by atoms with Gasteiger partial charge in [0.1, 0.15) is 16.6 Å². The van der Waals surface area contributed by atoms with Crippen molar-refractivity contribution in [2.24, 2.45) is 5.92 Å². The molecule has 2 aromatic rings. The number of hydrogen-bond donors (Lipinski definition) is 2. The van der Waals surface area contributed by atoms with Gasteiger partial charge in [0.25, 0.3) is 0 Å². The first-order chi connectivity index (χ1) is 11.5. The van der Waals surface area contributed by atoms with Gasteiger partial charge < -0.3 is 10.0 Å². The first-order valence-electron chi connectivity index (χ1n) is 7.72. The molecule has 6 heteroatoms. The number of aromatic nitrogens is 1. The van der Waals surface area contributed by atoms with Crippen LogP contribution in [0.5, 0.6) is 0 Å². The Balaban J connectivity index is 1.86. The van der Waals surface area contributed by atoms with Crippen LogP contribution in [0.3, 0.4) is 0 Å². The number of nitrogens with zero attached hydrogens (tertiary/aromatic N) is 3. The second-order valence-corrected chi connectivity index (χ2v) is 7.03. The van der Waals surface area contributed by atoms with Crippen LogP contribution in [0.2, 0.25) is 0 Å². The van der Waals surface area contributed by atoms with E-state index < -0.39 is 0 Å². The first-order valence-corrected chi connectivity index (χ1v) is 8.60. The summed E-state index contributed by atoms with van der Waals surface area (Å²) >= 11 is 1.42. The molecule has 0 aliphatic carbocycles. The van der Waals surface area contributed by atoms with Gasteiger partial charge in [-0.05, 0) is 18.1 Å². The highest BCUT2D eigenvalue weighted by Crippen LogP contribution is 2.32. The Labute approximate surface area is 145 Å². The molecule has 0 saturated carbocycles. The van der Waals surface area contributed by atoms with Crippen molar-refractivity contribution in [3.63, 3.8) is 0 Å². The van der Waals surface area contributed by atoms with E-state index in [4.69, 9.17) is 10.7 Å². The average Bonchev–Trinajstić information content (AvgIpc) is 3.12. The number of nitriles is 1. The van der Waals surface area contributed by atoms with E-state index in [0.717, 1.165) is 17.8 Å². The third-order valence-electron chi connectivity index (χ3n) is 3.80. The minimum atomic E-state index is 0.210. The van der Waals surface area contributed by atoms with Crippen LogP contribution in [-0.4, -0.2) is 33.9 Å². The third-order valence-corrected chi connectivity index (χ3v) is 4.66. The second-order valence-electron chi connectivity index (χ2n) is 6.17. The molecule has 0 radical (unpaired) electrons. The zero-order chi connectivity index (χ0) is 17.3. The van der Waals surface area contributed by atoms with E-state index in [1.807, 2.05) is 22.4 Å². The standard InChI is InChI=1S/C18H18N4OS/c1-11(2)8-22-9-15(23)16(17(22)20)18-21-14(10-24-18)13-5-3-12(7-19)4-6-13/h3-6,10-11,20,23H,8-9H2,1-2H3. The highest BCUT2D eigenvalue weighted by atomic mass is 32.1. The van der Waals surface area contributed by atoms with Crippen molar-refractivity contribution in [1.29, 1.82) is 10.7 Å². The smallest absolute Gasteiger partial charge is 0.135 e. The van der Waals surface area contributed by atoms with E-state index in [-0.39, 0.29) is 5.76 Å². The van der Waals surface area contributed by atoms with Gasteiger partial charge in [-0.2, -0.15) is 5.26 Å². The Kier molecular flexibility index (Phi) is 4.36. The SMILES string of the molecule is CC(C)CN1CC(O)=C(c2nc(-c3ccc(C#N)cc3)cs2)C1=N. The molecule has 0 bridgehead atoms. The predicted molar refractivity (Wildman–Crippen MR) is 96.0 cm³/mol. The molecule has 1 aromatic carbocycles. The summed E-state index contributed by atoms with van der Waals surface area (Å²) < 4.78 is 0. The summed E-state index contributed by atoms with van der Waals surface area (Å²) in [4.78, 5) is 6.46. The molecule has 1 aliphatic heterocycles. The number of aliphatic hydroxyl groups excluding tert-OH is 1. The summed E-state index contributed by atoms with van der Waals surface area (Å²) in [6.45, 7) is 5.29. The van der Waals surface area contributed by atoms with Crippen molar-refractivity contribution >= 4 is 22.7 Å². The van der Waals surface area contributed by atoms with Gasteiger partial charge in [-0.3, -0.25) is 5.41 Å². The summed E-state index contributed by atoms with van der Waals surface area (Å²) in [5.74, 6) is 0.964. The van der Waals surface area contributed by atoms with E-state index in [9.17, 15) is 5.11 Å². The number of rotatable bonds is 4. The predicted octanol–water partition coefficient (Wildman–Crippen LogP) is 3.90. The highest BCUT2D eigenvalue weighted by Gasteiger charge is 2.30. The quantitative estimate of drug-likeness (QED) is 0.885. The van der Waals surface area contributed by atoms with Crippen molar-refractivity contribution < 1.29 is 5.11 Å². The average molecular weight is 338 g/mol. The van der Waals surface area contributed by atoms with Gasteiger partial charge in [0.05, 0.1) is 29.4 Å². The van der Waals surface area contributed by atoms with E-state index in [0.29, 0.717) is 34.4 Å². The van der Waals surface area contributed by atoms with Crippen LogP contribution in [0.25, 0.3) is 16.8 Å². The summed E-state index contributed by atoms with van der Waals surface area (Å²) in [7, 11) is 0. The summed E-state index contributed by atoms with van der Waals surface area (Å²) in [6, 6.07) is 9.33. The van der Waals surface area contributed by atoms with Gasteiger partial charge >= 0.3 is 0 Å². The van der Waals surface area contributed by atoms with Gasteiger partial charge in [-0.15, -0.1) is 11.3 Å². The van der Waals surface area contributed by atoms with E-state index in [2.05, 4.69) is 24.9 Å². The molecular formula is C18H18N4OS. The van der Waals surface area contributed by atoms with Crippen molar-refractivity contribution in [3.8, 4) is 17.3 Å². The molecule has 5 nitrogen and oxygen atoms in total. The largest absolute Gasteiger partial charge is 0.510 e. The monoisotopic (exact) mass is 338 g/mol. The normalized spacial score (nSPS) is 14.6. The molecule has 0 unspecified atom stereocenters. The molecule has 122 valence electrons. The number of aliphatic hydroxyl groups is 1. The Hall–Kier alpha value is -2.65. The van der Waals surface area contributed by atoms with E-state index in [1.54, 1.807) is 12.1 Å². The minimum absolute atomic E-state index is 0.210. The Bertz CT molecular complexity index is 843. The number of thiazole rings is 1. The molecule has 2 N–H and O–H groups in total. The van der Waals surface area contributed by atoms with Crippen LogP contribution in [0, 0.1) is 22.7 Å². The van der Waals surface area contributed by atoms with Crippen LogP contribution in [-0.2, 0) is 0 Å². The summed E-state index contributed by atoms with van der Waals surface area (Å²) in [6.07, 6.45) is 0. The second kappa shape index (κ2) is 6.46. The minimum Gasteiger partial charge on any atom is -0.510 e. The topological polar surface area (TPSA) is 84.0 Å². The van der Waals surface area contributed by atoms with E-state index in [1.165, 1.54) is 11.3 Å². The summed E-state index contributed by atoms with van der Waals surface area (Å²) in [5, 5.41) is 30.0. The summed E-state index contributed by atoms with van der Waals surface area (Å²) in [5.41, 5.74) is 2.84. The van der Waals surface area contributed by atoms with Crippen LogP contribution in [0.15, 0.2) is 35.4 Å². The van der Waals surface area contributed by atoms with Gasteiger partial charge in [0.2, 0.25) is 0 Å². The fraction of sp³-hybridized carbons (Fsp3) is 0.278. The maximum Gasteiger partial charge on any atom is 0.135 e. The molecule has 1 aliphatic rings. The maximum absolute atomic E-state index is 10.3. The maximum atomic E-state index is 10.3. The van der Waals surface area contributed by atoms with Crippen LogP contribution < -0.4 is 0 Å². The first kappa shape index (κ1) is 16.2. The molecule has 1 aromatic heterocycles. The molecule has 2 heterocycles. The molecule has 0 amide bonds. The molecule has 0 atom stereocenters. The van der Waals surface area contributed by atoms with Crippen LogP contribution in [0.1, 0.15) is 24.4 Å². The Morgan fingerprint density at radius 1 is 1.38 bits per heavy atom. The lowest BCUT2D eigenvalue weighted by atomic mass is 10.1. The van der Waals surface area contributed by atoms with Crippen molar-refractivity contribution in [2.45, 2.75) is 13.8 Å². The van der Waals surface area contributed by atoms with Crippen molar-refractivity contribution in [1.82, 2.24) is 9.88 Å². The van der Waals surface area contributed by atoms with Crippen LogP contribution in [0.4, 0.5) is 0 Å². The van der Waals surface area contributed by atoms with Gasteiger partial charge in [-0.1, -0.05) is 26.0 Å². The molecular weight excluding hydrogens is 320 g/mol. The van der Waals surface area contributed by atoms with Gasteiger partial charge in [0.15, 0.2) is 0 Å². The Morgan fingerprint density at radius 2 is 2.08 bits per heavy atom. The highest BCUT2D eigenvalue weighted by molar-refractivity contribution is 7.11. The van der Waals surface area contributed by atoms with Crippen molar-refractivity contribution in [2.75, 3.05) is 13.1 Å². The number of benzene rings is 1. The number of amidine groups is 1. The van der Waals surface area contributed by atoms with Gasteiger partial charge in [-0.25, -0.2) is 4.98 Å². The molecule has 0 saturated heterocycles. The Morgan fingerprint density at radius 3 is 2.71 bits per heavy atom. The lowest BCUT2D eigenvalue weighted by molar-refractivity contribution is 0.329. The fourth-order valence-corrected chi connectivity index (χ4v) is 3.59. The number of nitrogens with one attached hydrogen (secondary N) is 1.